The molecule has 0 amide bonds. The van der Waals surface area contributed by atoms with Crippen LogP contribution in [0.1, 0.15) is 17.0 Å². The number of benzene rings is 2. The maximum Gasteiger partial charge on any atom is 0.191 e. The van der Waals surface area contributed by atoms with Crippen molar-refractivity contribution in [2.75, 3.05) is 19.8 Å². The Labute approximate surface area is 186 Å². The minimum Gasteiger partial charge on any atom is -0.356 e. The molecule has 1 heterocycles. The number of hydrogen-bond donors (Lipinski definition) is 3. The Bertz CT molecular complexity index is 895. The first-order valence-corrected chi connectivity index (χ1v) is 10.2. The molecule has 0 aliphatic rings. The summed E-state index contributed by atoms with van der Waals surface area (Å²) in [4.78, 5) is 12.2. The van der Waals surface area contributed by atoms with Gasteiger partial charge in [-0.3, -0.25) is 4.99 Å². The van der Waals surface area contributed by atoms with Crippen LogP contribution in [0.5, 0.6) is 0 Å². The Balaban J connectivity index is 0.00000280. The molecule has 150 valence electrons. The van der Waals surface area contributed by atoms with Crippen molar-refractivity contribution in [1.82, 2.24) is 20.6 Å². The zero-order chi connectivity index (χ0) is 19.1. The molecule has 2 aromatic carbocycles. The van der Waals surface area contributed by atoms with Crippen molar-refractivity contribution in [2.24, 2.45) is 4.99 Å². The third kappa shape index (κ3) is 6.10. The van der Waals surface area contributed by atoms with Gasteiger partial charge in [-0.25, -0.2) is 9.37 Å². The summed E-state index contributed by atoms with van der Waals surface area (Å²) < 4.78 is 13.5. The summed E-state index contributed by atoms with van der Waals surface area (Å²) in [5, 5.41) is 6.59. The van der Waals surface area contributed by atoms with E-state index in [1.165, 1.54) is 6.07 Å². The van der Waals surface area contributed by atoms with Gasteiger partial charge in [0, 0.05) is 32.3 Å². The number of nitrogens with zero attached hydrogens (tertiary/aromatic N) is 2. The van der Waals surface area contributed by atoms with E-state index < -0.39 is 0 Å². The number of thioether (sulfide) groups is 1. The number of guanidine groups is 1. The molecule has 28 heavy (non-hydrogen) atoms. The molecule has 0 atom stereocenters. The molecule has 0 aliphatic heterocycles. The van der Waals surface area contributed by atoms with Crippen molar-refractivity contribution in [1.29, 1.82) is 0 Å². The van der Waals surface area contributed by atoms with Crippen molar-refractivity contribution in [2.45, 2.75) is 18.7 Å². The Morgan fingerprint density at radius 1 is 1.18 bits per heavy atom. The molecule has 0 fully saturated rings. The lowest BCUT2D eigenvalue weighted by atomic mass is 10.1. The van der Waals surface area contributed by atoms with Crippen LogP contribution in [0.4, 0.5) is 4.39 Å². The summed E-state index contributed by atoms with van der Waals surface area (Å²) in [5.41, 5.74) is 4.11. The number of aromatic amines is 1. The molecular weight excluding hydrogens is 488 g/mol. The van der Waals surface area contributed by atoms with Gasteiger partial charge in [-0.15, -0.1) is 24.0 Å². The number of aromatic nitrogens is 2. The molecule has 0 aliphatic carbocycles. The van der Waals surface area contributed by atoms with Crippen LogP contribution in [0.2, 0.25) is 0 Å². The first-order valence-electron chi connectivity index (χ1n) is 8.84. The molecule has 0 radical (unpaired) electrons. The third-order valence-electron chi connectivity index (χ3n) is 4.23. The average Bonchev–Trinajstić information content (AvgIpc) is 3.09. The molecule has 3 rings (SSSR count). The second kappa shape index (κ2) is 11.3. The van der Waals surface area contributed by atoms with Crippen molar-refractivity contribution < 1.29 is 4.39 Å². The van der Waals surface area contributed by atoms with E-state index in [-0.39, 0.29) is 29.8 Å². The molecule has 5 nitrogen and oxygen atoms in total. The molecule has 3 N–H and O–H groups in total. The number of aliphatic imine (C=N–C) groups is 1. The third-order valence-corrected chi connectivity index (χ3v) is 4.83. The Morgan fingerprint density at radius 2 is 2.00 bits per heavy atom. The second-order valence-corrected chi connectivity index (χ2v) is 7.02. The molecular formula is C20H25FIN5S. The van der Waals surface area contributed by atoms with Crippen LogP contribution < -0.4 is 10.6 Å². The molecule has 0 unspecified atom stereocenters. The van der Waals surface area contributed by atoms with Crippen LogP contribution in [-0.2, 0) is 18.7 Å². The van der Waals surface area contributed by atoms with Gasteiger partial charge in [0.1, 0.15) is 11.6 Å². The lowest BCUT2D eigenvalue weighted by Crippen LogP contribution is -2.38. The van der Waals surface area contributed by atoms with Crippen LogP contribution in [0.3, 0.4) is 0 Å². The van der Waals surface area contributed by atoms with Gasteiger partial charge < -0.3 is 15.6 Å². The predicted molar refractivity (Wildman–Crippen MR) is 127 cm³/mol. The largest absolute Gasteiger partial charge is 0.356 e. The number of para-hydroxylation sites is 2. The van der Waals surface area contributed by atoms with Crippen LogP contribution in [-0.4, -0.2) is 35.8 Å². The normalized spacial score (nSPS) is 11.3. The highest BCUT2D eigenvalue weighted by Gasteiger charge is 2.06. The lowest BCUT2D eigenvalue weighted by Gasteiger charge is -2.14. The predicted octanol–water partition coefficient (Wildman–Crippen LogP) is 4.09. The summed E-state index contributed by atoms with van der Waals surface area (Å²) in [6.07, 6.45) is 2.78. The van der Waals surface area contributed by atoms with Gasteiger partial charge in [-0.05, 0) is 41.6 Å². The van der Waals surface area contributed by atoms with Gasteiger partial charge in [0.15, 0.2) is 5.96 Å². The number of imidazole rings is 1. The number of nitrogens with one attached hydrogen (secondary N) is 3. The number of halogens is 2. The number of H-pyrrole nitrogens is 1. The van der Waals surface area contributed by atoms with Gasteiger partial charge in [0.2, 0.25) is 0 Å². The first kappa shape index (κ1) is 22.5. The number of rotatable bonds is 7. The van der Waals surface area contributed by atoms with E-state index in [9.17, 15) is 4.39 Å². The smallest absolute Gasteiger partial charge is 0.191 e. The van der Waals surface area contributed by atoms with E-state index >= 15 is 0 Å². The van der Waals surface area contributed by atoms with Gasteiger partial charge in [0.05, 0.1) is 11.0 Å². The first-order chi connectivity index (χ1) is 13.2. The molecule has 0 saturated heterocycles. The van der Waals surface area contributed by atoms with Crippen LogP contribution >= 0.6 is 35.7 Å². The van der Waals surface area contributed by atoms with E-state index in [0.717, 1.165) is 40.2 Å². The van der Waals surface area contributed by atoms with Gasteiger partial charge in [0.25, 0.3) is 0 Å². The molecule has 8 heteroatoms. The second-order valence-electron chi connectivity index (χ2n) is 6.15. The fourth-order valence-electron chi connectivity index (χ4n) is 2.88. The highest BCUT2D eigenvalue weighted by atomic mass is 127. The van der Waals surface area contributed by atoms with Gasteiger partial charge in [-0.2, -0.15) is 11.8 Å². The summed E-state index contributed by atoms with van der Waals surface area (Å²) in [6.45, 7) is 1.31. The summed E-state index contributed by atoms with van der Waals surface area (Å²) >= 11 is 1.68. The summed E-state index contributed by atoms with van der Waals surface area (Å²) in [5.74, 6) is 2.24. The Hall–Kier alpha value is -1.81. The summed E-state index contributed by atoms with van der Waals surface area (Å²) in [6, 6.07) is 12.9. The SMILES string of the molecule is CN=C(NCCc1nc2ccccc2[nH]1)NCc1ccc(F)cc1CSC.I. The zero-order valence-electron chi connectivity index (χ0n) is 16.0. The molecule has 0 saturated carbocycles. The topological polar surface area (TPSA) is 65.1 Å². The fraction of sp³-hybridized carbons (Fsp3) is 0.300. The monoisotopic (exact) mass is 513 g/mol. The van der Waals surface area contributed by atoms with Crippen LogP contribution in [0.25, 0.3) is 11.0 Å². The number of fused-ring (bicyclic) bond motifs is 1. The van der Waals surface area contributed by atoms with Crippen molar-refractivity contribution >= 4 is 52.7 Å². The van der Waals surface area contributed by atoms with Gasteiger partial charge in [-0.1, -0.05) is 18.2 Å². The molecule has 1 aromatic heterocycles. The van der Waals surface area contributed by atoms with E-state index in [1.54, 1.807) is 24.9 Å². The average molecular weight is 513 g/mol. The highest BCUT2D eigenvalue weighted by Crippen LogP contribution is 2.16. The quantitative estimate of drug-likeness (QED) is 0.253. The number of hydrogen-bond acceptors (Lipinski definition) is 3. The molecule has 3 aromatic rings. The lowest BCUT2D eigenvalue weighted by molar-refractivity contribution is 0.625. The fourth-order valence-corrected chi connectivity index (χ4v) is 3.46. The summed E-state index contributed by atoms with van der Waals surface area (Å²) in [7, 11) is 1.74. The standard InChI is InChI=1S/C20H24FN5S.HI/c1-22-20(24-12-14-7-8-16(21)11-15(14)13-27-2)23-10-9-19-25-17-5-3-4-6-18(17)26-19;/h3-8,11H,9-10,12-13H2,1-2H3,(H,25,26)(H2,22,23,24);1H. The minimum absolute atomic E-state index is 0. The van der Waals surface area contributed by atoms with Crippen LogP contribution in [0, 0.1) is 5.82 Å². The van der Waals surface area contributed by atoms with E-state index in [1.807, 2.05) is 36.6 Å². The van der Waals surface area contributed by atoms with E-state index in [0.29, 0.717) is 19.0 Å². The zero-order valence-corrected chi connectivity index (χ0v) is 19.1. The minimum atomic E-state index is -0.198. The van der Waals surface area contributed by atoms with E-state index in [2.05, 4.69) is 25.6 Å². The van der Waals surface area contributed by atoms with Gasteiger partial charge >= 0.3 is 0 Å². The molecule has 0 spiro atoms. The van der Waals surface area contributed by atoms with Crippen molar-refractivity contribution in [3.05, 3.63) is 65.2 Å². The maximum absolute atomic E-state index is 13.5. The highest BCUT2D eigenvalue weighted by molar-refractivity contribution is 14.0. The Morgan fingerprint density at radius 3 is 2.75 bits per heavy atom. The Kier molecular flexibility index (Phi) is 9.04. The van der Waals surface area contributed by atoms with Crippen molar-refractivity contribution in [3.8, 4) is 0 Å². The maximum atomic E-state index is 13.5. The van der Waals surface area contributed by atoms with E-state index in [4.69, 9.17) is 0 Å². The van der Waals surface area contributed by atoms with Crippen LogP contribution in [0.15, 0.2) is 47.5 Å². The van der Waals surface area contributed by atoms with Crippen molar-refractivity contribution in [3.63, 3.8) is 0 Å². The molecule has 0 bridgehead atoms.